The van der Waals surface area contributed by atoms with Crippen LogP contribution in [0.5, 0.6) is 0 Å². The van der Waals surface area contributed by atoms with Crippen LogP contribution >= 0.6 is 0 Å². The zero-order valence-electron chi connectivity index (χ0n) is 28.4. The van der Waals surface area contributed by atoms with Crippen molar-refractivity contribution < 1.29 is 12.6 Å². The van der Waals surface area contributed by atoms with Gasteiger partial charge in [-0.05, 0) is 155 Å². The fraction of sp³-hybridized carbons (Fsp3) is 0.838. The smallest absolute Gasteiger partial charge is 0.296 e. The van der Waals surface area contributed by atoms with Gasteiger partial charge in [0.05, 0.1) is 11.5 Å². The molecule has 0 unspecified atom stereocenters. The van der Waals surface area contributed by atoms with E-state index in [0.29, 0.717) is 35.8 Å². The number of hydrogen-bond acceptors (Lipinski definition) is 5. The van der Waals surface area contributed by atoms with Crippen molar-refractivity contribution in [1.82, 2.24) is 10.6 Å². The van der Waals surface area contributed by atoms with E-state index in [1.807, 2.05) is 19.1 Å². The van der Waals surface area contributed by atoms with Crippen LogP contribution in [0.25, 0.3) is 0 Å². The highest BCUT2D eigenvalue weighted by Gasteiger charge is 2.68. The van der Waals surface area contributed by atoms with Crippen molar-refractivity contribution in [3.05, 3.63) is 29.8 Å². The highest BCUT2D eigenvalue weighted by molar-refractivity contribution is 7.86. The van der Waals surface area contributed by atoms with Gasteiger partial charge in [0, 0.05) is 11.6 Å². The lowest BCUT2D eigenvalue weighted by Gasteiger charge is -2.68. The fourth-order valence-corrected chi connectivity index (χ4v) is 13.0. The predicted molar refractivity (Wildman–Crippen MR) is 175 cm³/mol. The van der Waals surface area contributed by atoms with Gasteiger partial charge in [-0.25, -0.2) is 0 Å². The second-order valence-corrected chi connectivity index (χ2v) is 19.4. The zero-order valence-corrected chi connectivity index (χ0v) is 29.3. The number of hydrogen-bond donors (Lipinski definition) is 2. The van der Waals surface area contributed by atoms with Gasteiger partial charge >= 0.3 is 0 Å². The van der Waals surface area contributed by atoms with Gasteiger partial charge < -0.3 is 10.6 Å². The maximum atomic E-state index is 13.4. The van der Waals surface area contributed by atoms with E-state index in [1.165, 1.54) is 32.1 Å². The third kappa shape index (κ3) is 5.08. The van der Waals surface area contributed by atoms with Crippen LogP contribution in [0, 0.1) is 51.8 Å². The molecular formula is C37H60N2O3S. The Labute approximate surface area is 263 Å². The van der Waals surface area contributed by atoms with E-state index >= 15 is 0 Å². The Balaban J connectivity index is 1.35. The molecule has 242 valence electrons. The maximum Gasteiger partial charge on any atom is 0.296 e. The number of benzene rings is 1. The first kappa shape index (κ1) is 32.0. The Bertz CT molecular complexity index is 1310. The molecule has 1 aromatic rings. The topological polar surface area (TPSA) is 67.4 Å². The van der Waals surface area contributed by atoms with E-state index in [4.69, 9.17) is 4.18 Å². The Hall–Kier alpha value is -0.950. The molecule has 3 saturated carbocycles. The molecule has 2 heterocycles. The number of rotatable bonds is 4. The van der Waals surface area contributed by atoms with Crippen molar-refractivity contribution in [2.45, 2.75) is 136 Å². The van der Waals surface area contributed by atoms with Crippen LogP contribution in [-0.2, 0) is 14.3 Å². The van der Waals surface area contributed by atoms with E-state index < -0.39 is 10.1 Å². The molecule has 2 aliphatic heterocycles. The number of fused-ring (bicyclic) bond motifs is 7. The summed E-state index contributed by atoms with van der Waals surface area (Å²) in [6, 6.07) is 7.48. The molecule has 0 bridgehead atoms. The molecular weight excluding hydrogens is 552 g/mol. The molecule has 2 N–H and O–H groups in total. The van der Waals surface area contributed by atoms with Crippen molar-refractivity contribution >= 4 is 10.1 Å². The first-order chi connectivity index (χ1) is 20.0. The van der Waals surface area contributed by atoms with E-state index in [-0.39, 0.29) is 32.1 Å². The van der Waals surface area contributed by atoms with E-state index in [0.717, 1.165) is 50.8 Å². The average molecular weight is 613 g/mol. The lowest BCUT2D eigenvalue weighted by molar-refractivity contribution is -0.184. The summed E-state index contributed by atoms with van der Waals surface area (Å²) >= 11 is 0. The molecule has 1 aromatic carbocycles. The van der Waals surface area contributed by atoms with Gasteiger partial charge in [-0.1, -0.05) is 52.3 Å². The minimum absolute atomic E-state index is 0.115. The SMILES string of the molecule is Cc1ccc(S(=O)(=O)OC[C@]23CCC(C)(C)C[C@H]2[C@@H]2NCC[C@@H]4[C@@]5(C)CCCNC(C)(C)[C@@H]5CC[C@@]4(C)[C@]2(C)CC3)cc1. The summed E-state index contributed by atoms with van der Waals surface area (Å²) in [6.45, 7) is 22.3. The molecule has 2 saturated heterocycles. The van der Waals surface area contributed by atoms with E-state index in [9.17, 15) is 8.42 Å². The summed E-state index contributed by atoms with van der Waals surface area (Å²) in [5, 5.41) is 8.18. The first-order valence-electron chi connectivity index (χ1n) is 17.4. The third-order valence-electron chi connectivity index (χ3n) is 14.7. The molecule has 8 atom stereocenters. The predicted octanol–water partition coefficient (Wildman–Crippen LogP) is 7.88. The van der Waals surface area contributed by atoms with Crippen molar-refractivity contribution in [2.24, 2.45) is 44.8 Å². The van der Waals surface area contributed by atoms with Crippen LogP contribution in [0.3, 0.4) is 0 Å². The Morgan fingerprint density at radius 1 is 0.814 bits per heavy atom. The fourth-order valence-electron chi connectivity index (χ4n) is 12.0. The summed E-state index contributed by atoms with van der Waals surface area (Å²) in [4.78, 5) is 0.275. The quantitative estimate of drug-likeness (QED) is 0.339. The number of nitrogens with one attached hydrogen (secondary N) is 2. The van der Waals surface area contributed by atoms with Gasteiger partial charge in [0.25, 0.3) is 10.1 Å². The standard InChI is InChI=1S/C37H60N2O3S/c1-26-10-12-27(13-11-26)43(40,41)42-25-37-20-18-32(2,3)24-28(37)31-36(8,19-21-37)35(7)17-14-29-33(4,5)39-22-9-16-34(29,6)30(35)15-23-38-31/h10-13,28-31,38-39H,9,14-25H2,1-8H3/t28-,29-,30+,31-,34-,35+,36+,37+/m0/s1. The zero-order chi connectivity index (χ0) is 31.1. The van der Waals surface area contributed by atoms with Crippen molar-refractivity contribution in [2.75, 3.05) is 19.7 Å². The summed E-state index contributed by atoms with van der Waals surface area (Å²) in [6.07, 6.45) is 11.9. The normalized spacial score (nSPS) is 44.1. The summed E-state index contributed by atoms with van der Waals surface area (Å²) in [5.41, 5.74) is 2.08. The molecule has 5 aliphatic rings. The van der Waals surface area contributed by atoms with Crippen LogP contribution in [0.4, 0.5) is 0 Å². The highest BCUT2D eigenvalue weighted by atomic mass is 32.2. The van der Waals surface area contributed by atoms with Gasteiger partial charge in [-0.2, -0.15) is 8.42 Å². The summed E-state index contributed by atoms with van der Waals surface area (Å²) in [5.74, 6) is 1.77. The molecule has 6 rings (SSSR count). The van der Waals surface area contributed by atoms with Gasteiger partial charge in [0.15, 0.2) is 0 Å². The second-order valence-electron chi connectivity index (χ2n) is 17.8. The molecule has 3 aliphatic carbocycles. The van der Waals surface area contributed by atoms with Gasteiger partial charge in [0.2, 0.25) is 0 Å². The van der Waals surface area contributed by atoms with Crippen molar-refractivity contribution in [1.29, 1.82) is 0 Å². The second kappa shape index (κ2) is 10.5. The molecule has 0 aromatic heterocycles. The minimum Gasteiger partial charge on any atom is -0.313 e. The molecule has 0 amide bonds. The van der Waals surface area contributed by atoms with E-state index in [1.54, 1.807) is 12.1 Å². The Morgan fingerprint density at radius 3 is 2.23 bits per heavy atom. The lowest BCUT2D eigenvalue weighted by atomic mass is 9.37. The Kier molecular flexibility index (Phi) is 7.84. The molecule has 43 heavy (non-hydrogen) atoms. The molecule has 5 nitrogen and oxygen atoms in total. The first-order valence-corrected chi connectivity index (χ1v) is 18.8. The van der Waals surface area contributed by atoms with Crippen LogP contribution in [0.15, 0.2) is 29.2 Å². The number of aryl methyl sites for hydroxylation is 1. The molecule has 5 fully saturated rings. The van der Waals surface area contributed by atoms with Crippen LogP contribution in [0.2, 0.25) is 0 Å². The maximum absolute atomic E-state index is 13.4. The minimum atomic E-state index is -3.81. The molecule has 0 radical (unpaired) electrons. The summed E-state index contributed by atoms with van der Waals surface area (Å²) in [7, 11) is -3.81. The van der Waals surface area contributed by atoms with Gasteiger partial charge in [-0.15, -0.1) is 0 Å². The highest BCUT2D eigenvalue weighted by Crippen LogP contribution is 2.71. The van der Waals surface area contributed by atoms with Crippen LogP contribution in [-0.4, -0.2) is 39.7 Å². The summed E-state index contributed by atoms with van der Waals surface area (Å²) < 4.78 is 32.9. The average Bonchev–Trinajstić information content (AvgIpc) is 3.13. The molecule has 6 heteroatoms. The lowest BCUT2D eigenvalue weighted by Crippen LogP contribution is -2.67. The third-order valence-corrected chi connectivity index (χ3v) is 15.9. The van der Waals surface area contributed by atoms with E-state index in [2.05, 4.69) is 59.1 Å². The van der Waals surface area contributed by atoms with Gasteiger partial charge in [0.1, 0.15) is 0 Å². The van der Waals surface area contributed by atoms with Crippen LogP contribution in [0.1, 0.15) is 118 Å². The largest absolute Gasteiger partial charge is 0.313 e. The van der Waals surface area contributed by atoms with Crippen molar-refractivity contribution in [3.63, 3.8) is 0 Å². The Morgan fingerprint density at radius 2 is 1.51 bits per heavy atom. The monoisotopic (exact) mass is 612 g/mol. The van der Waals surface area contributed by atoms with Gasteiger partial charge in [-0.3, -0.25) is 4.18 Å². The van der Waals surface area contributed by atoms with Crippen LogP contribution < -0.4 is 10.6 Å². The molecule has 0 spiro atoms. The van der Waals surface area contributed by atoms with Crippen molar-refractivity contribution in [3.8, 4) is 0 Å².